The first-order valence-corrected chi connectivity index (χ1v) is 9.18. The van der Waals surface area contributed by atoms with Gasteiger partial charge in [0, 0.05) is 0 Å². The maximum Gasteiger partial charge on any atom is 0.476 e. The van der Waals surface area contributed by atoms with Crippen LogP contribution in [0.4, 0.5) is 0 Å². The summed E-state index contributed by atoms with van der Waals surface area (Å²) in [5, 5.41) is 9.56. The van der Waals surface area contributed by atoms with Crippen LogP contribution in [0, 0.1) is 11.3 Å². The van der Waals surface area contributed by atoms with Crippen LogP contribution in [0.5, 0.6) is 0 Å². The molecule has 0 saturated carbocycles. The SMILES string of the molecule is CCOP(=O)(OCC)OC(C)(C#N)c1ccc(C(C)(C)C)cc1. The standard InChI is InChI=1S/C17H26NO4P/c1-7-20-23(19,21-8-2)22-17(6,13-18)15-11-9-14(10-12-15)16(3,4)5/h9-12H,7-8H2,1-6H3. The molecule has 1 aromatic carbocycles. The van der Waals surface area contributed by atoms with E-state index in [1.807, 2.05) is 24.3 Å². The number of nitriles is 1. The molecule has 1 aromatic rings. The van der Waals surface area contributed by atoms with Gasteiger partial charge in [0.2, 0.25) is 0 Å². The van der Waals surface area contributed by atoms with Crippen LogP contribution in [0.1, 0.15) is 52.7 Å². The number of hydrogen-bond donors (Lipinski definition) is 0. The summed E-state index contributed by atoms with van der Waals surface area (Å²) in [4.78, 5) is 0. The number of benzene rings is 1. The maximum atomic E-state index is 12.6. The second kappa shape index (κ2) is 7.59. The Labute approximate surface area is 139 Å². The first-order valence-electron chi connectivity index (χ1n) is 7.72. The van der Waals surface area contributed by atoms with Crippen molar-refractivity contribution in [3.8, 4) is 6.07 Å². The summed E-state index contributed by atoms with van der Waals surface area (Å²) in [5.74, 6) is 0. The Balaban J connectivity index is 3.14. The Hall–Kier alpha value is -1.18. The Morgan fingerprint density at radius 2 is 1.43 bits per heavy atom. The number of hydrogen-bond acceptors (Lipinski definition) is 5. The molecule has 0 aliphatic carbocycles. The van der Waals surface area contributed by atoms with E-state index in [4.69, 9.17) is 13.6 Å². The first kappa shape index (κ1) is 19.9. The van der Waals surface area contributed by atoms with Gasteiger partial charge in [-0.3, -0.25) is 13.6 Å². The molecule has 0 aromatic heterocycles. The highest BCUT2D eigenvalue weighted by molar-refractivity contribution is 7.48. The lowest BCUT2D eigenvalue weighted by Gasteiger charge is -2.28. The third-order valence-electron chi connectivity index (χ3n) is 3.38. The highest BCUT2D eigenvalue weighted by Crippen LogP contribution is 2.54. The van der Waals surface area contributed by atoms with Crippen LogP contribution >= 0.6 is 7.82 Å². The van der Waals surface area contributed by atoms with Crippen LogP contribution in [0.2, 0.25) is 0 Å². The van der Waals surface area contributed by atoms with Gasteiger partial charge < -0.3 is 0 Å². The molecule has 0 N–H and O–H groups in total. The van der Waals surface area contributed by atoms with Crippen LogP contribution in [0.15, 0.2) is 24.3 Å². The summed E-state index contributed by atoms with van der Waals surface area (Å²) in [6, 6.07) is 9.58. The van der Waals surface area contributed by atoms with E-state index >= 15 is 0 Å². The Morgan fingerprint density at radius 3 is 1.78 bits per heavy atom. The molecule has 0 fully saturated rings. The zero-order valence-corrected chi connectivity index (χ0v) is 15.6. The first-order chi connectivity index (χ1) is 10.6. The van der Waals surface area contributed by atoms with Gasteiger partial charge in [0.1, 0.15) is 6.07 Å². The van der Waals surface area contributed by atoms with Crippen LogP contribution in [-0.4, -0.2) is 13.2 Å². The van der Waals surface area contributed by atoms with Gasteiger partial charge in [-0.2, -0.15) is 5.26 Å². The van der Waals surface area contributed by atoms with Crippen molar-refractivity contribution in [2.45, 2.75) is 52.6 Å². The molecular formula is C17H26NO4P. The van der Waals surface area contributed by atoms with Gasteiger partial charge in [0.25, 0.3) is 0 Å². The molecule has 128 valence electrons. The van der Waals surface area contributed by atoms with Crippen molar-refractivity contribution in [3.63, 3.8) is 0 Å². The van der Waals surface area contributed by atoms with E-state index < -0.39 is 13.4 Å². The Kier molecular flexibility index (Phi) is 6.56. The number of nitrogens with zero attached hydrogens (tertiary/aromatic N) is 1. The number of phosphoric acid groups is 1. The van der Waals surface area contributed by atoms with Gasteiger partial charge >= 0.3 is 7.82 Å². The highest BCUT2D eigenvalue weighted by Gasteiger charge is 2.39. The van der Waals surface area contributed by atoms with E-state index in [9.17, 15) is 9.83 Å². The average Bonchev–Trinajstić information content (AvgIpc) is 2.46. The smallest absolute Gasteiger partial charge is 0.287 e. The summed E-state index contributed by atoms with van der Waals surface area (Å²) in [6.45, 7) is 11.6. The largest absolute Gasteiger partial charge is 0.476 e. The minimum atomic E-state index is -3.79. The van der Waals surface area contributed by atoms with E-state index in [-0.39, 0.29) is 18.6 Å². The zero-order chi connectivity index (χ0) is 17.7. The molecule has 0 aliphatic heterocycles. The molecule has 0 aliphatic rings. The molecule has 0 radical (unpaired) electrons. The summed E-state index contributed by atoms with van der Waals surface area (Å²) in [5.41, 5.74) is 0.331. The van der Waals surface area contributed by atoms with Crippen LogP contribution < -0.4 is 0 Å². The van der Waals surface area contributed by atoms with Crippen molar-refractivity contribution in [1.29, 1.82) is 5.26 Å². The summed E-state index contributed by atoms with van der Waals surface area (Å²) >= 11 is 0. The predicted octanol–water partition coefficient (Wildman–Crippen LogP) is 4.92. The van der Waals surface area contributed by atoms with Crippen molar-refractivity contribution < 1.29 is 18.1 Å². The third kappa shape index (κ3) is 5.16. The van der Waals surface area contributed by atoms with Crippen LogP contribution in [0.3, 0.4) is 0 Å². The van der Waals surface area contributed by atoms with Crippen molar-refractivity contribution in [2.24, 2.45) is 0 Å². The molecule has 6 heteroatoms. The minimum Gasteiger partial charge on any atom is -0.287 e. The molecule has 1 atom stereocenters. The van der Waals surface area contributed by atoms with Gasteiger partial charge in [0.05, 0.1) is 13.2 Å². The molecule has 5 nitrogen and oxygen atoms in total. The van der Waals surface area contributed by atoms with Crippen molar-refractivity contribution >= 4 is 7.82 Å². The minimum absolute atomic E-state index is 0.00830. The lowest BCUT2D eigenvalue weighted by Crippen LogP contribution is -2.24. The molecule has 0 heterocycles. The van der Waals surface area contributed by atoms with E-state index in [0.29, 0.717) is 5.56 Å². The summed E-state index contributed by atoms with van der Waals surface area (Å²) < 4.78 is 28.3. The normalized spacial score (nSPS) is 15.0. The van der Waals surface area contributed by atoms with Crippen LogP contribution in [-0.2, 0) is 29.2 Å². The predicted molar refractivity (Wildman–Crippen MR) is 90.1 cm³/mol. The fourth-order valence-corrected chi connectivity index (χ4v) is 3.46. The van der Waals surface area contributed by atoms with E-state index in [1.54, 1.807) is 20.8 Å². The molecule has 0 spiro atoms. The number of phosphoric ester groups is 1. The topological polar surface area (TPSA) is 68.6 Å². The number of rotatable bonds is 7. The monoisotopic (exact) mass is 339 g/mol. The Morgan fingerprint density at radius 1 is 1.00 bits per heavy atom. The molecule has 0 amide bonds. The molecule has 1 rings (SSSR count). The fraction of sp³-hybridized carbons (Fsp3) is 0.588. The van der Waals surface area contributed by atoms with E-state index in [2.05, 4.69) is 26.8 Å². The highest BCUT2D eigenvalue weighted by atomic mass is 31.2. The van der Waals surface area contributed by atoms with Gasteiger partial charge in [-0.1, -0.05) is 45.0 Å². The van der Waals surface area contributed by atoms with Gasteiger partial charge in [0.15, 0.2) is 5.60 Å². The molecule has 1 unspecified atom stereocenters. The molecule has 0 bridgehead atoms. The van der Waals surface area contributed by atoms with E-state index in [0.717, 1.165) is 5.56 Å². The lowest BCUT2D eigenvalue weighted by atomic mass is 9.85. The summed E-state index contributed by atoms with van der Waals surface area (Å²) in [6.07, 6.45) is 0. The Bertz CT molecular complexity index is 591. The van der Waals surface area contributed by atoms with Crippen LogP contribution in [0.25, 0.3) is 0 Å². The quantitative estimate of drug-likeness (QED) is 0.659. The summed E-state index contributed by atoms with van der Waals surface area (Å²) in [7, 11) is -3.79. The van der Waals surface area contributed by atoms with Crippen molar-refractivity contribution in [2.75, 3.05) is 13.2 Å². The van der Waals surface area contributed by atoms with Gasteiger partial charge in [-0.25, -0.2) is 4.57 Å². The van der Waals surface area contributed by atoms with Crippen molar-refractivity contribution in [3.05, 3.63) is 35.4 Å². The zero-order valence-electron chi connectivity index (χ0n) is 14.8. The second-order valence-electron chi connectivity index (χ2n) is 6.35. The van der Waals surface area contributed by atoms with Gasteiger partial charge in [-0.05, 0) is 37.3 Å². The maximum absolute atomic E-state index is 12.6. The second-order valence-corrected chi connectivity index (χ2v) is 7.94. The van der Waals surface area contributed by atoms with Gasteiger partial charge in [-0.15, -0.1) is 0 Å². The van der Waals surface area contributed by atoms with E-state index in [1.165, 1.54) is 0 Å². The van der Waals surface area contributed by atoms with Crippen molar-refractivity contribution in [1.82, 2.24) is 0 Å². The molecule has 23 heavy (non-hydrogen) atoms. The third-order valence-corrected chi connectivity index (χ3v) is 5.12. The molecular weight excluding hydrogens is 313 g/mol. The average molecular weight is 339 g/mol. The fourth-order valence-electron chi connectivity index (χ4n) is 2.06. The lowest BCUT2D eigenvalue weighted by molar-refractivity contribution is 0.0555. The molecule has 0 saturated heterocycles.